The minimum atomic E-state index is -0.854. The zero-order valence-electron chi connectivity index (χ0n) is 22.9. The molecule has 2 N–H and O–H groups in total. The Kier molecular flexibility index (Phi) is 9.57. The van der Waals surface area contributed by atoms with E-state index in [1.807, 2.05) is 6.07 Å². The summed E-state index contributed by atoms with van der Waals surface area (Å²) in [5.74, 6) is -0.241. The molecular formula is C30H32N4O5S. The number of ether oxygens (including phenoxy) is 4. The summed E-state index contributed by atoms with van der Waals surface area (Å²) in [5, 5.41) is 20.5. The summed E-state index contributed by atoms with van der Waals surface area (Å²) in [4.78, 5) is 18.2. The molecule has 0 amide bonds. The number of methoxy groups -OCH3 is 2. The molecule has 9 nitrogen and oxygen atoms in total. The summed E-state index contributed by atoms with van der Waals surface area (Å²) in [6.45, 7) is 1.84. The standard InChI is InChI=1S/C30H32N4O5S/c1-4-38-30(35)27-25(17-40-29-20(15-31)13-18-9-7-5-6-8-10-22(18)34-29)39-28(33)21(16-32)26(27)19-11-12-23(36-2)24(14-19)37-3/h11-14,26H,4-10,17,33H2,1-3H3/t26-/m1/s1. The van der Waals surface area contributed by atoms with Crippen LogP contribution in [0.4, 0.5) is 0 Å². The van der Waals surface area contributed by atoms with E-state index in [1.54, 1.807) is 25.1 Å². The number of carbonyl (C=O) groups excluding carboxylic acids is 1. The molecule has 0 fully saturated rings. The third-order valence-electron chi connectivity index (χ3n) is 6.96. The molecule has 40 heavy (non-hydrogen) atoms. The molecular weight excluding hydrogens is 528 g/mol. The number of hydrogen-bond acceptors (Lipinski definition) is 10. The maximum absolute atomic E-state index is 13.4. The van der Waals surface area contributed by atoms with Gasteiger partial charge >= 0.3 is 5.97 Å². The summed E-state index contributed by atoms with van der Waals surface area (Å²) >= 11 is 1.29. The fourth-order valence-corrected chi connectivity index (χ4v) is 5.93. The second-order valence-corrected chi connectivity index (χ2v) is 10.3. The third kappa shape index (κ3) is 6.03. The average Bonchev–Trinajstić information content (AvgIpc) is 2.95. The lowest BCUT2D eigenvalue weighted by Crippen LogP contribution is -2.27. The Morgan fingerprint density at radius 1 is 1.10 bits per heavy atom. The molecule has 4 rings (SSSR count). The number of esters is 1. The van der Waals surface area contributed by atoms with Crippen molar-refractivity contribution in [1.29, 1.82) is 10.5 Å². The van der Waals surface area contributed by atoms with E-state index in [0.29, 0.717) is 27.7 Å². The number of nitrogens with zero attached hydrogens (tertiary/aromatic N) is 3. The van der Waals surface area contributed by atoms with E-state index in [9.17, 15) is 15.3 Å². The van der Waals surface area contributed by atoms with E-state index in [-0.39, 0.29) is 35.1 Å². The predicted octanol–water partition coefficient (Wildman–Crippen LogP) is 5.05. The van der Waals surface area contributed by atoms with Crippen LogP contribution in [0.25, 0.3) is 0 Å². The number of aromatic nitrogens is 1. The number of pyridine rings is 1. The van der Waals surface area contributed by atoms with Gasteiger partial charge in [-0.05, 0) is 61.9 Å². The van der Waals surface area contributed by atoms with Gasteiger partial charge < -0.3 is 24.7 Å². The van der Waals surface area contributed by atoms with Crippen molar-refractivity contribution in [2.75, 3.05) is 26.6 Å². The molecule has 2 aliphatic rings. The van der Waals surface area contributed by atoms with Gasteiger partial charge in [0, 0.05) is 5.69 Å². The summed E-state index contributed by atoms with van der Waals surface area (Å²) in [5.41, 5.74) is 9.69. The van der Waals surface area contributed by atoms with Gasteiger partial charge in [0.05, 0.1) is 43.6 Å². The number of thioether (sulfide) groups is 1. The van der Waals surface area contributed by atoms with Crippen LogP contribution in [-0.4, -0.2) is 37.5 Å². The molecule has 1 aliphatic carbocycles. The Labute approximate surface area is 238 Å². The van der Waals surface area contributed by atoms with Gasteiger partial charge in [0.25, 0.3) is 0 Å². The molecule has 2 heterocycles. The van der Waals surface area contributed by atoms with Crippen molar-refractivity contribution in [2.45, 2.75) is 56.4 Å². The number of hydrogen-bond donors (Lipinski definition) is 1. The van der Waals surface area contributed by atoms with E-state index in [2.05, 4.69) is 12.1 Å². The van der Waals surface area contributed by atoms with Crippen molar-refractivity contribution in [3.8, 4) is 23.6 Å². The number of aryl methyl sites for hydroxylation is 2. The van der Waals surface area contributed by atoms with Crippen LogP contribution in [0.1, 0.15) is 60.9 Å². The van der Waals surface area contributed by atoms with Gasteiger partial charge in [0.2, 0.25) is 5.88 Å². The maximum Gasteiger partial charge on any atom is 0.338 e. The number of nitrogens with two attached hydrogens (primary N) is 1. The predicted molar refractivity (Wildman–Crippen MR) is 149 cm³/mol. The van der Waals surface area contributed by atoms with Gasteiger partial charge in [-0.15, -0.1) is 0 Å². The average molecular weight is 561 g/mol. The second kappa shape index (κ2) is 13.3. The SMILES string of the molecule is CCOC(=O)C1=C(CSc2nc3c(cc2C#N)CCCCCC3)OC(N)=C(C#N)[C@H]1c1ccc(OC)c(OC)c1. The molecule has 1 aromatic carbocycles. The minimum Gasteiger partial charge on any atom is -0.493 e. The minimum absolute atomic E-state index is 0.0842. The Morgan fingerprint density at radius 2 is 1.85 bits per heavy atom. The van der Waals surface area contributed by atoms with Crippen LogP contribution in [0.5, 0.6) is 11.5 Å². The van der Waals surface area contributed by atoms with Crippen LogP contribution in [-0.2, 0) is 27.1 Å². The van der Waals surface area contributed by atoms with Crippen LogP contribution >= 0.6 is 11.8 Å². The lowest BCUT2D eigenvalue weighted by molar-refractivity contribution is -0.139. The molecule has 1 aromatic heterocycles. The molecule has 208 valence electrons. The Hall–Kier alpha value is -4.15. The number of allylic oxidation sites excluding steroid dienone is 1. The summed E-state index contributed by atoms with van der Waals surface area (Å²) in [6.07, 6.45) is 6.26. The second-order valence-electron chi connectivity index (χ2n) is 9.36. The van der Waals surface area contributed by atoms with Crippen LogP contribution in [0.3, 0.4) is 0 Å². The van der Waals surface area contributed by atoms with E-state index in [0.717, 1.165) is 43.4 Å². The fourth-order valence-electron chi connectivity index (χ4n) is 5.02. The largest absolute Gasteiger partial charge is 0.493 e. The molecule has 0 saturated heterocycles. The summed E-state index contributed by atoms with van der Waals surface area (Å²) in [6, 6.07) is 11.5. The van der Waals surface area contributed by atoms with Crippen molar-refractivity contribution in [3.05, 3.63) is 69.4 Å². The number of benzene rings is 1. The first-order valence-electron chi connectivity index (χ1n) is 13.2. The van der Waals surface area contributed by atoms with Gasteiger partial charge in [0.15, 0.2) is 11.5 Å². The van der Waals surface area contributed by atoms with Gasteiger partial charge in [-0.2, -0.15) is 10.5 Å². The lowest BCUT2D eigenvalue weighted by atomic mass is 9.83. The lowest BCUT2D eigenvalue weighted by Gasteiger charge is -2.28. The topological polar surface area (TPSA) is 140 Å². The monoisotopic (exact) mass is 560 g/mol. The van der Waals surface area contributed by atoms with E-state index in [4.69, 9.17) is 29.7 Å². The van der Waals surface area contributed by atoms with Crippen LogP contribution in [0, 0.1) is 22.7 Å². The highest BCUT2D eigenvalue weighted by atomic mass is 32.2. The maximum atomic E-state index is 13.4. The van der Waals surface area contributed by atoms with Crippen molar-refractivity contribution in [2.24, 2.45) is 5.73 Å². The zero-order chi connectivity index (χ0) is 28.6. The van der Waals surface area contributed by atoms with Crippen molar-refractivity contribution in [3.63, 3.8) is 0 Å². The first-order valence-corrected chi connectivity index (χ1v) is 14.2. The smallest absolute Gasteiger partial charge is 0.338 e. The van der Waals surface area contributed by atoms with E-state index in [1.165, 1.54) is 32.4 Å². The van der Waals surface area contributed by atoms with Gasteiger partial charge in [-0.1, -0.05) is 30.7 Å². The van der Waals surface area contributed by atoms with Crippen LogP contribution in [0.15, 0.2) is 52.1 Å². The number of nitriles is 2. The number of rotatable bonds is 8. The van der Waals surface area contributed by atoms with Gasteiger partial charge in [-0.3, -0.25) is 0 Å². The molecule has 0 spiro atoms. The van der Waals surface area contributed by atoms with E-state index < -0.39 is 11.9 Å². The highest BCUT2D eigenvalue weighted by Crippen LogP contribution is 2.43. The Bertz CT molecular complexity index is 1440. The Morgan fingerprint density at radius 3 is 2.52 bits per heavy atom. The van der Waals surface area contributed by atoms with Crippen molar-refractivity contribution < 1.29 is 23.7 Å². The first kappa shape index (κ1) is 28.8. The van der Waals surface area contributed by atoms with Crippen LogP contribution in [0.2, 0.25) is 0 Å². The van der Waals surface area contributed by atoms with Gasteiger partial charge in [0.1, 0.15) is 28.5 Å². The zero-order valence-corrected chi connectivity index (χ0v) is 23.7. The Balaban J connectivity index is 1.78. The molecule has 0 saturated carbocycles. The molecule has 1 atom stereocenters. The molecule has 0 radical (unpaired) electrons. The molecule has 0 bridgehead atoms. The van der Waals surface area contributed by atoms with E-state index >= 15 is 0 Å². The first-order chi connectivity index (χ1) is 19.4. The molecule has 2 aromatic rings. The number of carbonyl (C=O) groups is 1. The highest BCUT2D eigenvalue weighted by molar-refractivity contribution is 7.99. The molecule has 0 unspecified atom stereocenters. The summed E-state index contributed by atoms with van der Waals surface area (Å²) < 4.78 is 22.1. The molecule has 10 heteroatoms. The van der Waals surface area contributed by atoms with Crippen LogP contribution < -0.4 is 15.2 Å². The molecule has 1 aliphatic heterocycles. The third-order valence-corrected chi connectivity index (χ3v) is 7.95. The highest BCUT2D eigenvalue weighted by Gasteiger charge is 2.38. The summed E-state index contributed by atoms with van der Waals surface area (Å²) in [7, 11) is 3.03. The van der Waals surface area contributed by atoms with Gasteiger partial charge in [-0.25, -0.2) is 9.78 Å². The van der Waals surface area contributed by atoms with Crippen molar-refractivity contribution in [1.82, 2.24) is 4.98 Å². The number of fused-ring (bicyclic) bond motifs is 1. The van der Waals surface area contributed by atoms with Crippen molar-refractivity contribution >= 4 is 17.7 Å². The quantitative estimate of drug-likeness (QED) is 0.344. The normalized spacial score (nSPS) is 17.0. The fraction of sp³-hybridized carbons (Fsp3) is 0.400.